The first-order valence-corrected chi connectivity index (χ1v) is 7.77. The van der Waals surface area contributed by atoms with E-state index in [1.165, 1.54) is 25.7 Å². The predicted octanol–water partition coefficient (Wildman–Crippen LogP) is 2.65. The molecular weight excluding hydrogens is 250 g/mol. The van der Waals surface area contributed by atoms with Crippen molar-refractivity contribution in [2.24, 2.45) is 5.73 Å². The first-order chi connectivity index (χ1) is 9.74. The molecule has 1 atom stereocenters. The van der Waals surface area contributed by atoms with Gasteiger partial charge in [0.15, 0.2) is 0 Å². The zero-order chi connectivity index (χ0) is 14.8. The molecule has 0 aromatic carbocycles. The van der Waals surface area contributed by atoms with Gasteiger partial charge in [-0.25, -0.2) is 0 Å². The molecule has 1 fully saturated rings. The minimum absolute atomic E-state index is 0.0334. The van der Waals surface area contributed by atoms with E-state index in [0.29, 0.717) is 12.6 Å². The molecular formula is C16H29N3O. The molecule has 2 rings (SSSR count). The third kappa shape index (κ3) is 6.35. The highest BCUT2D eigenvalue weighted by Crippen LogP contribution is 2.17. The quantitative estimate of drug-likeness (QED) is 0.840. The summed E-state index contributed by atoms with van der Waals surface area (Å²) in [6.07, 6.45) is 8.81. The molecule has 0 bridgehead atoms. The molecule has 0 spiro atoms. The number of ether oxygens (including phenoxy) is 1. The van der Waals surface area contributed by atoms with Crippen molar-refractivity contribution in [1.82, 2.24) is 10.3 Å². The van der Waals surface area contributed by atoms with Crippen molar-refractivity contribution in [2.75, 3.05) is 13.2 Å². The molecule has 0 saturated heterocycles. The minimum atomic E-state index is 0.0334. The molecule has 1 heterocycles. The second kappa shape index (κ2) is 9.72. The van der Waals surface area contributed by atoms with Crippen LogP contribution in [0.5, 0.6) is 5.75 Å². The molecule has 20 heavy (non-hydrogen) atoms. The number of rotatable bonds is 6. The van der Waals surface area contributed by atoms with Gasteiger partial charge in [-0.2, -0.15) is 0 Å². The molecule has 1 aliphatic rings. The maximum absolute atomic E-state index is 6.03. The van der Waals surface area contributed by atoms with Gasteiger partial charge in [-0.1, -0.05) is 26.7 Å². The molecule has 1 saturated carbocycles. The van der Waals surface area contributed by atoms with Gasteiger partial charge in [-0.05, 0) is 31.4 Å². The molecule has 0 radical (unpaired) electrons. The van der Waals surface area contributed by atoms with Crippen molar-refractivity contribution >= 4 is 0 Å². The summed E-state index contributed by atoms with van der Waals surface area (Å²) >= 11 is 0. The van der Waals surface area contributed by atoms with E-state index < -0.39 is 0 Å². The SMILES string of the molecule is CC.Cc1cncc(OCC(N)CNC2CCCC2)c1. The number of hydrogen-bond acceptors (Lipinski definition) is 4. The van der Waals surface area contributed by atoms with Crippen LogP contribution >= 0.6 is 0 Å². The van der Waals surface area contributed by atoms with Crippen LogP contribution in [-0.4, -0.2) is 30.2 Å². The molecule has 0 amide bonds. The molecule has 1 aromatic rings. The Morgan fingerprint density at radius 3 is 2.70 bits per heavy atom. The van der Waals surface area contributed by atoms with Gasteiger partial charge in [0.05, 0.1) is 12.2 Å². The molecule has 1 aliphatic carbocycles. The number of nitrogens with zero attached hydrogens (tertiary/aromatic N) is 1. The molecule has 0 aliphatic heterocycles. The molecule has 4 nitrogen and oxygen atoms in total. The Bertz CT molecular complexity index is 364. The van der Waals surface area contributed by atoms with Crippen LogP contribution in [0.1, 0.15) is 45.1 Å². The van der Waals surface area contributed by atoms with Crippen molar-refractivity contribution in [2.45, 2.75) is 58.5 Å². The number of aromatic nitrogens is 1. The summed E-state index contributed by atoms with van der Waals surface area (Å²) < 4.78 is 5.64. The Balaban J connectivity index is 0.000000956. The topological polar surface area (TPSA) is 60.2 Å². The normalized spacial score (nSPS) is 16.4. The molecule has 4 heteroatoms. The zero-order valence-corrected chi connectivity index (χ0v) is 13.1. The zero-order valence-electron chi connectivity index (χ0n) is 13.1. The van der Waals surface area contributed by atoms with Crippen LogP contribution in [-0.2, 0) is 0 Å². The third-order valence-electron chi connectivity index (χ3n) is 3.34. The maximum atomic E-state index is 6.03. The Labute approximate surface area is 123 Å². The van der Waals surface area contributed by atoms with Gasteiger partial charge in [-0.3, -0.25) is 4.98 Å². The fourth-order valence-electron chi connectivity index (χ4n) is 2.32. The first-order valence-electron chi connectivity index (χ1n) is 7.77. The van der Waals surface area contributed by atoms with Crippen LogP contribution in [0.3, 0.4) is 0 Å². The summed E-state index contributed by atoms with van der Waals surface area (Å²) in [5, 5.41) is 3.51. The van der Waals surface area contributed by atoms with Gasteiger partial charge in [-0.15, -0.1) is 0 Å². The Kier molecular flexibility index (Phi) is 8.23. The lowest BCUT2D eigenvalue weighted by Gasteiger charge is -2.17. The Morgan fingerprint density at radius 1 is 1.35 bits per heavy atom. The predicted molar refractivity (Wildman–Crippen MR) is 84.1 cm³/mol. The monoisotopic (exact) mass is 279 g/mol. The second-order valence-corrected chi connectivity index (χ2v) is 5.16. The number of aryl methyl sites for hydroxylation is 1. The lowest BCUT2D eigenvalue weighted by atomic mass is 10.2. The smallest absolute Gasteiger partial charge is 0.137 e. The van der Waals surface area contributed by atoms with E-state index in [1.54, 1.807) is 6.20 Å². The molecule has 3 N–H and O–H groups in total. The summed E-state index contributed by atoms with van der Waals surface area (Å²) in [7, 11) is 0. The van der Waals surface area contributed by atoms with E-state index in [4.69, 9.17) is 10.5 Å². The van der Waals surface area contributed by atoms with Crippen LogP contribution in [0.2, 0.25) is 0 Å². The minimum Gasteiger partial charge on any atom is -0.490 e. The van der Waals surface area contributed by atoms with Crippen LogP contribution in [0.25, 0.3) is 0 Å². The number of nitrogens with two attached hydrogens (primary N) is 1. The molecule has 114 valence electrons. The van der Waals surface area contributed by atoms with E-state index in [9.17, 15) is 0 Å². The van der Waals surface area contributed by atoms with Crippen molar-refractivity contribution in [1.29, 1.82) is 0 Å². The van der Waals surface area contributed by atoms with Gasteiger partial charge >= 0.3 is 0 Å². The third-order valence-corrected chi connectivity index (χ3v) is 3.34. The van der Waals surface area contributed by atoms with Crippen LogP contribution < -0.4 is 15.8 Å². The fourth-order valence-corrected chi connectivity index (χ4v) is 2.32. The summed E-state index contributed by atoms with van der Waals surface area (Å²) in [5.41, 5.74) is 7.13. The summed E-state index contributed by atoms with van der Waals surface area (Å²) in [5.74, 6) is 0.798. The van der Waals surface area contributed by atoms with Gasteiger partial charge in [0, 0.05) is 18.8 Å². The summed E-state index contributed by atoms with van der Waals surface area (Å²) in [6, 6.07) is 2.67. The summed E-state index contributed by atoms with van der Waals surface area (Å²) in [4.78, 5) is 4.09. The highest BCUT2D eigenvalue weighted by molar-refractivity contribution is 5.22. The highest BCUT2D eigenvalue weighted by atomic mass is 16.5. The van der Waals surface area contributed by atoms with Crippen molar-refractivity contribution in [3.8, 4) is 5.75 Å². The lowest BCUT2D eigenvalue weighted by Crippen LogP contribution is -2.41. The largest absolute Gasteiger partial charge is 0.490 e. The van der Waals surface area contributed by atoms with Crippen molar-refractivity contribution < 1.29 is 4.74 Å². The van der Waals surface area contributed by atoms with E-state index in [2.05, 4.69) is 10.3 Å². The first kappa shape index (κ1) is 16.9. The number of pyridine rings is 1. The molecule has 1 aromatic heterocycles. The van der Waals surface area contributed by atoms with Crippen molar-refractivity contribution in [3.63, 3.8) is 0 Å². The fraction of sp³-hybridized carbons (Fsp3) is 0.688. The van der Waals surface area contributed by atoms with Gasteiger partial charge < -0.3 is 15.8 Å². The van der Waals surface area contributed by atoms with E-state index >= 15 is 0 Å². The Morgan fingerprint density at radius 2 is 2.05 bits per heavy atom. The standard InChI is InChI=1S/C14H23N3O.C2H6/c1-11-6-14(9-16-7-11)18-10-12(15)8-17-13-4-2-3-5-13;1-2/h6-7,9,12-13,17H,2-5,8,10,15H2,1H3;1-2H3. The van der Waals surface area contributed by atoms with E-state index in [1.807, 2.05) is 33.0 Å². The van der Waals surface area contributed by atoms with E-state index in [-0.39, 0.29) is 6.04 Å². The number of nitrogens with one attached hydrogen (secondary N) is 1. The van der Waals surface area contributed by atoms with Crippen LogP contribution in [0.4, 0.5) is 0 Å². The lowest BCUT2D eigenvalue weighted by molar-refractivity contribution is 0.279. The number of hydrogen-bond donors (Lipinski definition) is 2. The van der Waals surface area contributed by atoms with Gasteiger partial charge in [0.25, 0.3) is 0 Å². The maximum Gasteiger partial charge on any atom is 0.137 e. The second-order valence-electron chi connectivity index (χ2n) is 5.16. The van der Waals surface area contributed by atoms with Crippen LogP contribution in [0, 0.1) is 6.92 Å². The van der Waals surface area contributed by atoms with Crippen LogP contribution in [0.15, 0.2) is 18.5 Å². The average Bonchev–Trinajstić information content (AvgIpc) is 2.98. The highest BCUT2D eigenvalue weighted by Gasteiger charge is 2.15. The van der Waals surface area contributed by atoms with Crippen molar-refractivity contribution in [3.05, 3.63) is 24.0 Å². The van der Waals surface area contributed by atoms with Gasteiger partial charge in [0.1, 0.15) is 12.4 Å². The van der Waals surface area contributed by atoms with Gasteiger partial charge in [0.2, 0.25) is 0 Å². The Hall–Kier alpha value is -1.13. The molecule has 1 unspecified atom stereocenters. The average molecular weight is 279 g/mol. The summed E-state index contributed by atoms with van der Waals surface area (Å²) in [6.45, 7) is 7.36. The van der Waals surface area contributed by atoms with E-state index in [0.717, 1.165) is 17.9 Å².